The van der Waals surface area contributed by atoms with Crippen LogP contribution in [0.5, 0.6) is 11.5 Å². The third-order valence-electron chi connectivity index (χ3n) is 8.32. The minimum atomic E-state index is -0.483. The van der Waals surface area contributed by atoms with Crippen LogP contribution in [-0.4, -0.2) is 66.4 Å². The van der Waals surface area contributed by atoms with Gasteiger partial charge in [-0.15, -0.1) is 0 Å². The Labute approximate surface area is 351 Å². The van der Waals surface area contributed by atoms with Crippen molar-refractivity contribution < 1.29 is 19.3 Å². The van der Waals surface area contributed by atoms with Crippen molar-refractivity contribution >= 4 is 82.2 Å². The van der Waals surface area contributed by atoms with Gasteiger partial charge in [0.05, 0.1) is 36.5 Å². The molecule has 2 aromatic heterocycles. The molecule has 62 heavy (non-hydrogen) atoms. The lowest BCUT2D eigenvalue weighted by Gasteiger charge is -2.10. The largest absolute Gasteiger partial charge is 0.497 e. The van der Waals surface area contributed by atoms with Crippen molar-refractivity contribution in [2.45, 2.75) is 0 Å². The maximum absolute atomic E-state index is 11.1. The summed E-state index contributed by atoms with van der Waals surface area (Å²) in [6, 6.07) is 33.3. The van der Waals surface area contributed by atoms with E-state index in [9.17, 15) is 20.2 Å². The monoisotopic (exact) mass is 834 g/mol. The zero-order chi connectivity index (χ0) is 43.3. The Bertz CT molecular complexity index is 2520. The number of nitro groups is 2. The lowest BCUT2D eigenvalue weighted by Crippen LogP contribution is -2.07. The number of aromatic nitrogens is 6. The third-order valence-corrected chi connectivity index (χ3v) is 8.32. The number of nitro benzene ring substituents is 2. The van der Waals surface area contributed by atoms with Gasteiger partial charge in [-0.05, 0) is 83.9 Å². The molecule has 7 aromatic rings. The summed E-state index contributed by atoms with van der Waals surface area (Å²) in [6.45, 7) is 0. The summed E-state index contributed by atoms with van der Waals surface area (Å²) in [6.07, 6.45) is 3.15. The van der Waals surface area contributed by atoms with Crippen LogP contribution in [0.2, 0.25) is 0 Å². The summed E-state index contributed by atoms with van der Waals surface area (Å²) in [4.78, 5) is 47.8. The zero-order valence-electron chi connectivity index (χ0n) is 32.6. The van der Waals surface area contributed by atoms with E-state index < -0.39 is 9.85 Å². The zero-order valence-corrected chi connectivity index (χ0v) is 32.6. The Balaban J connectivity index is 1.02. The number of non-ortho nitro benzene ring substituents is 2. The SMILES string of the molecule is COc1ccc(Nc2nc(N/N=C/c3ccc(/C=N/Nc4nc(Nc5ccc(OC)cc5)nc(Nc5ccc([N+](=O)[O-])cc5)n4)cc3)nc(Nc3ccc([N+](=O)[O-])cc3)n2)cc1. The van der Waals surface area contributed by atoms with Crippen LogP contribution < -0.4 is 41.6 Å². The number of hydrogen-bond acceptors (Lipinski definition) is 20. The predicted molar refractivity (Wildman–Crippen MR) is 234 cm³/mol. The Morgan fingerprint density at radius 2 is 0.710 bits per heavy atom. The highest BCUT2D eigenvalue weighted by Gasteiger charge is 2.12. The smallest absolute Gasteiger partial charge is 0.269 e. The Hall–Kier alpha value is -9.34. The predicted octanol–water partition coefficient (Wildman–Crippen LogP) is 7.76. The van der Waals surface area contributed by atoms with Crippen LogP contribution in [0.15, 0.2) is 132 Å². The van der Waals surface area contributed by atoms with Crippen LogP contribution >= 0.6 is 0 Å². The van der Waals surface area contributed by atoms with E-state index in [4.69, 9.17) is 9.47 Å². The molecule has 0 aliphatic rings. The second-order valence-electron chi connectivity index (χ2n) is 12.6. The number of methoxy groups -OCH3 is 2. The first-order chi connectivity index (χ1) is 30.2. The lowest BCUT2D eigenvalue weighted by atomic mass is 10.2. The third kappa shape index (κ3) is 11.4. The maximum Gasteiger partial charge on any atom is 0.269 e. The molecule has 0 unspecified atom stereocenters. The molecule has 0 atom stereocenters. The summed E-state index contributed by atoms with van der Waals surface area (Å²) in [5, 5.41) is 43.1. The van der Waals surface area contributed by atoms with Crippen LogP contribution in [0.1, 0.15) is 11.1 Å². The van der Waals surface area contributed by atoms with Crippen LogP contribution in [-0.2, 0) is 0 Å². The van der Waals surface area contributed by atoms with Gasteiger partial charge in [0.25, 0.3) is 11.4 Å². The number of rotatable bonds is 18. The minimum absolute atomic E-state index is 0.0546. The number of nitrogens with one attached hydrogen (secondary N) is 6. The topological polar surface area (TPSA) is 279 Å². The standard InChI is InChI=1S/C40H34N16O6/c1-61-33-19-11-29(12-20-33)45-37-47-35(43-27-7-15-31(16-8-27)55(57)58)49-39(51-37)53-41-23-25-3-5-26(6-4-25)24-42-54-40-50-36(44-28-9-17-32(18-10-28)56(59)60)48-38(52-40)46-30-13-21-34(62-2)22-14-30/h3-24H,1-2H3,(H3,43,45,47,49,51,53)(H3,44,46,48,50,52,54)/b41-23+,42-24+. The van der Waals surface area contributed by atoms with E-state index in [0.717, 1.165) is 11.1 Å². The van der Waals surface area contributed by atoms with Gasteiger partial charge in [0.15, 0.2) is 0 Å². The molecule has 0 aliphatic heterocycles. The first-order valence-electron chi connectivity index (χ1n) is 18.2. The van der Waals surface area contributed by atoms with Crippen LogP contribution in [0, 0.1) is 20.2 Å². The molecule has 0 fully saturated rings. The summed E-state index contributed by atoms with van der Waals surface area (Å²) in [7, 11) is 3.15. The van der Waals surface area contributed by atoms with Gasteiger partial charge < -0.3 is 30.7 Å². The van der Waals surface area contributed by atoms with E-state index in [-0.39, 0.29) is 47.1 Å². The fraction of sp³-hybridized carbons (Fsp3) is 0.0500. The first kappa shape index (κ1) is 40.8. The van der Waals surface area contributed by atoms with Gasteiger partial charge in [-0.1, -0.05) is 24.3 Å². The van der Waals surface area contributed by atoms with Crippen LogP contribution in [0.3, 0.4) is 0 Å². The highest BCUT2D eigenvalue weighted by molar-refractivity contribution is 5.84. The molecular formula is C40H34N16O6. The molecule has 6 N–H and O–H groups in total. The number of nitrogens with zero attached hydrogens (tertiary/aromatic N) is 10. The van der Waals surface area contributed by atoms with E-state index in [2.05, 4.69) is 72.2 Å². The molecule has 0 radical (unpaired) electrons. The van der Waals surface area contributed by atoms with Gasteiger partial charge in [0.1, 0.15) is 11.5 Å². The molecule has 0 aliphatic carbocycles. The van der Waals surface area contributed by atoms with Crippen molar-refractivity contribution in [2.24, 2.45) is 10.2 Å². The second-order valence-corrected chi connectivity index (χ2v) is 12.6. The van der Waals surface area contributed by atoms with Crippen molar-refractivity contribution in [3.05, 3.63) is 153 Å². The van der Waals surface area contributed by atoms with Gasteiger partial charge in [0, 0.05) is 47.0 Å². The summed E-state index contributed by atoms with van der Waals surface area (Å²) in [5.41, 5.74) is 9.44. The molecule has 2 heterocycles. The molecule has 310 valence electrons. The minimum Gasteiger partial charge on any atom is -0.497 e. The molecule has 22 nitrogen and oxygen atoms in total. The van der Waals surface area contributed by atoms with E-state index in [1.165, 1.54) is 24.3 Å². The molecule has 0 bridgehead atoms. The van der Waals surface area contributed by atoms with Gasteiger partial charge in [-0.25, -0.2) is 10.9 Å². The van der Waals surface area contributed by atoms with Gasteiger partial charge in [-0.3, -0.25) is 20.2 Å². The molecule has 7 rings (SSSR count). The second kappa shape index (κ2) is 19.4. The number of hydrogen-bond donors (Lipinski definition) is 6. The van der Waals surface area contributed by atoms with Crippen molar-refractivity contribution in [3.8, 4) is 11.5 Å². The Morgan fingerprint density at radius 1 is 0.435 bits per heavy atom. The molecule has 0 saturated heterocycles. The molecule has 0 spiro atoms. The highest BCUT2D eigenvalue weighted by atomic mass is 16.6. The molecular weight excluding hydrogens is 801 g/mol. The number of ether oxygens (including phenoxy) is 2. The number of hydrazone groups is 2. The highest BCUT2D eigenvalue weighted by Crippen LogP contribution is 2.24. The van der Waals surface area contributed by atoms with Crippen molar-refractivity contribution in [3.63, 3.8) is 0 Å². The number of benzene rings is 5. The van der Waals surface area contributed by atoms with Crippen LogP contribution in [0.25, 0.3) is 0 Å². The summed E-state index contributed by atoms with van der Waals surface area (Å²) >= 11 is 0. The Morgan fingerprint density at radius 3 is 0.984 bits per heavy atom. The van der Waals surface area contributed by atoms with Gasteiger partial charge in [-0.2, -0.15) is 40.1 Å². The lowest BCUT2D eigenvalue weighted by molar-refractivity contribution is -0.385. The van der Waals surface area contributed by atoms with Crippen molar-refractivity contribution in [1.29, 1.82) is 0 Å². The van der Waals surface area contributed by atoms with E-state index in [1.807, 2.05) is 24.3 Å². The Kier molecular flexibility index (Phi) is 12.8. The molecule has 5 aromatic carbocycles. The normalized spacial score (nSPS) is 10.9. The van der Waals surface area contributed by atoms with E-state index >= 15 is 0 Å². The first-order valence-corrected chi connectivity index (χ1v) is 18.2. The average molecular weight is 835 g/mol. The van der Waals surface area contributed by atoms with Crippen molar-refractivity contribution in [1.82, 2.24) is 29.9 Å². The summed E-state index contributed by atoms with van der Waals surface area (Å²) < 4.78 is 10.5. The average Bonchev–Trinajstić information content (AvgIpc) is 3.28. The van der Waals surface area contributed by atoms with Crippen LogP contribution in [0.4, 0.5) is 69.8 Å². The quantitative estimate of drug-likeness (QED) is 0.0274. The molecule has 22 heteroatoms. The van der Waals surface area contributed by atoms with Gasteiger partial charge in [0.2, 0.25) is 35.7 Å². The summed E-state index contributed by atoms with van der Waals surface area (Å²) in [5.74, 6) is 2.28. The molecule has 0 saturated carbocycles. The molecule has 0 amide bonds. The fourth-order valence-corrected chi connectivity index (χ4v) is 5.27. The number of anilines is 10. The maximum atomic E-state index is 11.1. The van der Waals surface area contributed by atoms with E-state index in [1.54, 1.807) is 99.4 Å². The fourth-order valence-electron chi connectivity index (χ4n) is 5.27. The van der Waals surface area contributed by atoms with Crippen molar-refractivity contribution in [2.75, 3.05) is 46.3 Å². The van der Waals surface area contributed by atoms with Gasteiger partial charge >= 0.3 is 0 Å². The van der Waals surface area contributed by atoms with E-state index in [0.29, 0.717) is 34.2 Å².